The SMILES string of the molecule is CN(C(=O)Nc1ccnc(Cl)c1)C(C)(C)C. The molecular weight excluding hydrogens is 226 g/mol. The Morgan fingerprint density at radius 3 is 2.62 bits per heavy atom. The van der Waals surface area contributed by atoms with E-state index in [1.807, 2.05) is 20.8 Å². The van der Waals surface area contributed by atoms with Crippen LogP contribution in [0.4, 0.5) is 10.5 Å². The maximum absolute atomic E-state index is 11.8. The minimum absolute atomic E-state index is 0.172. The van der Waals surface area contributed by atoms with Crippen LogP contribution in [0.2, 0.25) is 5.15 Å². The molecule has 1 aromatic heterocycles. The first kappa shape index (κ1) is 12.8. The molecule has 1 heterocycles. The average Bonchev–Trinajstić information content (AvgIpc) is 2.15. The van der Waals surface area contributed by atoms with Crippen LogP contribution >= 0.6 is 11.6 Å². The first-order chi connectivity index (χ1) is 7.30. The van der Waals surface area contributed by atoms with Crippen molar-refractivity contribution in [1.82, 2.24) is 9.88 Å². The van der Waals surface area contributed by atoms with E-state index in [0.29, 0.717) is 10.8 Å². The number of aromatic nitrogens is 1. The molecule has 0 bridgehead atoms. The Labute approximate surface area is 101 Å². The van der Waals surface area contributed by atoms with Gasteiger partial charge in [-0.1, -0.05) is 11.6 Å². The summed E-state index contributed by atoms with van der Waals surface area (Å²) in [6, 6.07) is 3.13. The zero-order valence-electron chi connectivity index (χ0n) is 9.91. The molecule has 4 nitrogen and oxygen atoms in total. The van der Waals surface area contributed by atoms with Gasteiger partial charge >= 0.3 is 6.03 Å². The number of carbonyl (C=O) groups is 1. The molecule has 0 atom stereocenters. The molecule has 0 unspecified atom stereocenters. The molecule has 0 fully saturated rings. The van der Waals surface area contributed by atoms with Crippen molar-refractivity contribution in [2.24, 2.45) is 0 Å². The number of nitrogens with one attached hydrogen (secondary N) is 1. The van der Waals surface area contributed by atoms with Crippen LogP contribution < -0.4 is 5.32 Å². The van der Waals surface area contributed by atoms with Crippen LogP contribution in [-0.4, -0.2) is 28.5 Å². The van der Waals surface area contributed by atoms with Gasteiger partial charge in [0.1, 0.15) is 5.15 Å². The van der Waals surface area contributed by atoms with E-state index in [9.17, 15) is 4.79 Å². The predicted molar refractivity (Wildman–Crippen MR) is 65.8 cm³/mol. The molecule has 2 amide bonds. The van der Waals surface area contributed by atoms with Gasteiger partial charge in [-0.05, 0) is 32.9 Å². The maximum Gasteiger partial charge on any atom is 0.322 e. The highest BCUT2D eigenvalue weighted by Crippen LogP contribution is 2.15. The van der Waals surface area contributed by atoms with Gasteiger partial charge in [0.2, 0.25) is 0 Å². The fourth-order valence-corrected chi connectivity index (χ4v) is 1.17. The monoisotopic (exact) mass is 241 g/mol. The van der Waals surface area contributed by atoms with Gasteiger partial charge in [0, 0.05) is 24.5 Å². The van der Waals surface area contributed by atoms with Gasteiger partial charge in [-0.15, -0.1) is 0 Å². The van der Waals surface area contributed by atoms with Crippen LogP contribution in [0.25, 0.3) is 0 Å². The number of nitrogens with zero attached hydrogens (tertiary/aromatic N) is 2. The van der Waals surface area contributed by atoms with E-state index in [2.05, 4.69) is 10.3 Å². The summed E-state index contributed by atoms with van der Waals surface area (Å²) in [5, 5.41) is 3.11. The highest BCUT2D eigenvalue weighted by atomic mass is 35.5. The molecule has 0 aliphatic carbocycles. The minimum atomic E-state index is -0.221. The lowest BCUT2D eigenvalue weighted by Gasteiger charge is -2.31. The Morgan fingerprint density at radius 2 is 2.12 bits per heavy atom. The number of carbonyl (C=O) groups excluding carboxylic acids is 1. The number of anilines is 1. The molecule has 1 aromatic rings. The number of hydrogen-bond donors (Lipinski definition) is 1. The first-order valence-electron chi connectivity index (χ1n) is 4.97. The van der Waals surface area contributed by atoms with Crippen molar-refractivity contribution in [3.8, 4) is 0 Å². The molecule has 0 aliphatic rings. The normalized spacial score (nSPS) is 11.1. The van der Waals surface area contributed by atoms with Crippen molar-refractivity contribution >= 4 is 23.3 Å². The Bertz CT molecular complexity index is 387. The second-order valence-corrected chi connectivity index (χ2v) is 4.91. The molecule has 0 radical (unpaired) electrons. The van der Waals surface area contributed by atoms with E-state index < -0.39 is 0 Å². The lowest BCUT2D eigenvalue weighted by Crippen LogP contribution is -2.44. The summed E-state index contributed by atoms with van der Waals surface area (Å²) >= 11 is 5.72. The summed E-state index contributed by atoms with van der Waals surface area (Å²) in [7, 11) is 1.75. The highest BCUT2D eigenvalue weighted by molar-refractivity contribution is 6.29. The Hall–Kier alpha value is -1.29. The topological polar surface area (TPSA) is 45.2 Å². The molecule has 16 heavy (non-hydrogen) atoms. The van der Waals surface area contributed by atoms with Gasteiger partial charge in [0.15, 0.2) is 0 Å². The summed E-state index contributed by atoms with van der Waals surface area (Å²) in [4.78, 5) is 17.3. The summed E-state index contributed by atoms with van der Waals surface area (Å²) in [5.41, 5.74) is 0.419. The average molecular weight is 242 g/mol. The number of hydrogen-bond acceptors (Lipinski definition) is 2. The summed E-state index contributed by atoms with van der Waals surface area (Å²) in [6.45, 7) is 5.89. The van der Waals surface area contributed by atoms with Gasteiger partial charge in [-0.2, -0.15) is 0 Å². The van der Waals surface area contributed by atoms with Gasteiger partial charge in [0.05, 0.1) is 0 Å². The van der Waals surface area contributed by atoms with Gasteiger partial charge in [0.25, 0.3) is 0 Å². The largest absolute Gasteiger partial charge is 0.323 e. The fourth-order valence-electron chi connectivity index (χ4n) is 0.992. The third kappa shape index (κ3) is 3.38. The molecule has 1 N–H and O–H groups in total. The third-order valence-corrected chi connectivity index (χ3v) is 2.50. The number of halogens is 1. The zero-order valence-corrected chi connectivity index (χ0v) is 10.7. The van der Waals surface area contributed by atoms with Gasteiger partial charge in [-0.3, -0.25) is 0 Å². The smallest absolute Gasteiger partial charge is 0.322 e. The zero-order chi connectivity index (χ0) is 12.3. The Kier molecular flexibility index (Phi) is 3.75. The van der Waals surface area contributed by atoms with Gasteiger partial charge in [-0.25, -0.2) is 9.78 Å². The quantitative estimate of drug-likeness (QED) is 0.769. The predicted octanol–water partition coefficient (Wildman–Crippen LogP) is 3.00. The van der Waals surface area contributed by atoms with Crippen molar-refractivity contribution in [1.29, 1.82) is 0 Å². The highest BCUT2D eigenvalue weighted by Gasteiger charge is 2.22. The van der Waals surface area contributed by atoms with Crippen LogP contribution in [0, 0.1) is 0 Å². The standard InChI is InChI=1S/C11H16ClN3O/c1-11(2,3)15(4)10(16)14-8-5-6-13-9(12)7-8/h5-7H,1-4H3,(H,13,14,16). The maximum atomic E-state index is 11.8. The van der Waals surface area contributed by atoms with Crippen molar-refractivity contribution in [3.05, 3.63) is 23.5 Å². The third-order valence-electron chi connectivity index (χ3n) is 2.29. The van der Waals surface area contributed by atoms with Crippen LogP contribution in [0.1, 0.15) is 20.8 Å². The minimum Gasteiger partial charge on any atom is -0.323 e. The van der Waals surface area contributed by atoms with Crippen LogP contribution in [0.3, 0.4) is 0 Å². The van der Waals surface area contributed by atoms with Gasteiger partial charge < -0.3 is 10.2 Å². The van der Waals surface area contributed by atoms with Crippen LogP contribution in [0.15, 0.2) is 18.3 Å². The number of urea groups is 1. The van der Waals surface area contributed by atoms with Crippen molar-refractivity contribution in [2.45, 2.75) is 26.3 Å². The lowest BCUT2D eigenvalue weighted by atomic mass is 10.1. The molecule has 5 heteroatoms. The fraction of sp³-hybridized carbons (Fsp3) is 0.455. The first-order valence-corrected chi connectivity index (χ1v) is 5.35. The molecule has 0 aromatic carbocycles. The molecular formula is C11H16ClN3O. The van der Waals surface area contributed by atoms with E-state index in [1.54, 1.807) is 30.3 Å². The molecule has 88 valence electrons. The molecule has 0 aliphatic heterocycles. The van der Waals surface area contributed by atoms with Crippen molar-refractivity contribution in [2.75, 3.05) is 12.4 Å². The Morgan fingerprint density at radius 1 is 1.50 bits per heavy atom. The number of rotatable bonds is 1. The number of amides is 2. The molecule has 0 saturated heterocycles. The lowest BCUT2D eigenvalue weighted by molar-refractivity contribution is 0.178. The van der Waals surface area contributed by atoms with E-state index in [-0.39, 0.29) is 11.6 Å². The second kappa shape index (κ2) is 4.70. The summed E-state index contributed by atoms with van der Waals surface area (Å²) in [5.74, 6) is 0. The van der Waals surface area contributed by atoms with Crippen molar-refractivity contribution < 1.29 is 4.79 Å². The molecule has 1 rings (SSSR count). The summed E-state index contributed by atoms with van der Waals surface area (Å²) in [6.07, 6.45) is 1.55. The Balaban J connectivity index is 2.72. The molecule has 0 spiro atoms. The number of pyridine rings is 1. The van der Waals surface area contributed by atoms with Crippen LogP contribution in [0.5, 0.6) is 0 Å². The van der Waals surface area contributed by atoms with E-state index >= 15 is 0 Å². The second-order valence-electron chi connectivity index (χ2n) is 4.53. The van der Waals surface area contributed by atoms with E-state index in [1.165, 1.54) is 0 Å². The molecule has 0 saturated carbocycles. The van der Waals surface area contributed by atoms with Crippen LogP contribution in [-0.2, 0) is 0 Å². The van der Waals surface area contributed by atoms with E-state index in [4.69, 9.17) is 11.6 Å². The van der Waals surface area contributed by atoms with E-state index in [0.717, 1.165) is 0 Å². The van der Waals surface area contributed by atoms with Crippen molar-refractivity contribution in [3.63, 3.8) is 0 Å². The summed E-state index contributed by atoms with van der Waals surface area (Å²) < 4.78 is 0.